The first kappa shape index (κ1) is 15.9. The lowest BCUT2D eigenvalue weighted by atomic mass is 10.2. The lowest BCUT2D eigenvalue weighted by molar-refractivity contribution is 0.211. The second-order valence-electron chi connectivity index (χ2n) is 5.43. The van der Waals surface area contributed by atoms with Gasteiger partial charge in [-0.2, -0.15) is 0 Å². The molecular formula is C21H18FNO. The van der Waals surface area contributed by atoms with Gasteiger partial charge in [0.15, 0.2) is 0 Å². The predicted octanol–water partition coefficient (Wildman–Crippen LogP) is 5.52. The smallest absolute Gasteiger partial charge is 0.123 e. The zero-order valence-electron chi connectivity index (χ0n) is 13.2. The number of rotatable bonds is 5. The molecule has 1 aliphatic rings. The van der Waals surface area contributed by atoms with Crippen molar-refractivity contribution in [2.24, 2.45) is 4.99 Å². The highest BCUT2D eigenvalue weighted by Crippen LogP contribution is 2.16. The van der Waals surface area contributed by atoms with E-state index in [1.807, 2.05) is 54.6 Å². The monoisotopic (exact) mass is 319 g/mol. The van der Waals surface area contributed by atoms with Crippen LogP contribution < -0.4 is 0 Å². The Labute approximate surface area is 141 Å². The van der Waals surface area contributed by atoms with E-state index in [-0.39, 0.29) is 5.82 Å². The van der Waals surface area contributed by atoms with E-state index in [0.29, 0.717) is 6.61 Å². The van der Waals surface area contributed by atoms with Crippen LogP contribution in [0.25, 0.3) is 0 Å². The first-order valence-electron chi connectivity index (χ1n) is 7.83. The third kappa shape index (κ3) is 4.78. The van der Waals surface area contributed by atoms with Gasteiger partial charge in [-0.1, -0.05) is 42.5 Å². The van der Waals surface area contributed by atoms with Crippen molar-refractivity contribution in [3.8, 4) is 0 Å². The quantitative estimate of drug-likeness (QED) is 0.665. The molecule has 0 bridgehead atoms. The summed E-state index contributed by atoms with van der Waals surface area (Å²) in [4.78, 5) is 4.37. The van der Waals surface area contributed by atoms with Gasteiger partial charge in [0.2, 0.25) is 0 Å². The number of benzene rings is 2. The van der Waals surface area contributed by atoms with Crippen molar-refractivity contribution < 1.29 is 9.13 Å². The van der Waals surface area contributed by atoms with Gasteiger partial charge in [0.1, 0.15) is 18.2 Å². The fourth-order valence-corrected chi connectivity index (χ4v) is 2.24. The number of ether oxygens (including phenoxy) is 1. The van der Waals surface area contributed by atoms with Crippen molar-refractivity contribution >= 4 is 11.9 Å². The van der Waals surface area contributed by atoms with Crippen LogP contribution in [0.3, 0.4) is 0 Å². The number of halogens is 1. The minimum atomic E-state index is -0.256. The molecule has 2 aromatic carbocycles. The maximum Gasteiger partial charge on any atom is 0.123 e. The molecule has 0 atom stereocenters. The van der Waals surface area contributed by atoms with Crippen molar-refractivity contribution in [3.63, 3.8) is 0 Å². The summed E-state index contributed by atoms with van der Waals surface area (Å²) in [7, 11) is 0. The topological polar surface area (TPSA) is 21.6 Å². The molecule has 3 heteroatoms. The molecule has 0 spiro atoms. The fourth-order valence-electron chi connectivity index (χ4n) is 2.24. The molecule has 0 saturated heterocycles. The lowest BCUT2D eigenvalue weighted by Gasteiger charge is -2.05. The van der Waals surface area contributed by atoms with Crippen molar-refractivity contribution in [3.05, 3.63) is 102 Å². The van der Waals surface area contributed by atoms with Crippen LogP contribution in [-0.4, -0.2) is 6.21 Å². The Bertz CT molecular complexity index is 786. The van der Waals surface area contributed by atoms with E-state index in [4.69, 9.17) is 4.74 Å². The summed E-state index contributed by atoms with van der Waals surface area (Å²) < 4.78 is 18.7. The highest BCUT2D eigenvalue weighted by atomic mass is 19.1. The summed E-state index contributed by atoms with van der Waals surface area (Å²) in [6, 6.07) is 16.2. The number of allylic oxidation sites excluding steroid dienone is 5. The van der Waals surface area contributed by atoms with Crippen LogP contribution in [-0.2, 0) is 11.3 Å². The van der Waals surface area contributed by atoms with Crippen LogP contribution in [0.4, 0.5) is 10.1 Å². The largest absolute Gasteiger partial charge is 0.489 e. The summed E-state index contributed by atoms with van der Waals surface area (Å²) in [6.07, 6.45) is 10.5. The molecule has 1 aliphatic carbocycles. The van der Waals surface area contributed by atoms with Gasteiger partial charge in [0, 0.05) is 6.21 Å². The summed E-state index contributed by atoms with van der Waals surface area (Å²) in [5.41, 5.74) is 2.93. The van der Waals surface area contributed by atoms with Gasteiger partial charge in [-0.3, -0.25) is 4.99 Å². The second-order valence-corrected chi connectivity index (χ2v) is 5.43. The highest BCUT2D eigenvalue weighted by Gasteiger charge is 2.00. The van der Waals surface area contributed by atoms with Gasteiger partial charge in [-0.15, -0.1) is 0 Å². The first-order chi connectivity index (χ1) is 11.8. The third-order valence-corrected chi connectivity index (χ3v) is 3.55. The van der Waals surface area contributed by atoms with E-state index in [2.05, 4.69) is 4.99 Å². The summed E-state index contributed by atoms with van der Waals surface area (Å²) in [5, 5.41) is 0. The first-order valence-corrected chi connectivity index (χ1v) is 7.83. The number of hydrogen-bond acceptors (Lipinski definition) is 2. The number of hydrogen-bond donors (Lipinski definition) is 0. The van der Waals surface area contributed by atoms with Gasteiger partial charge in [0.25, 0.3) is 0 Å². The van der Waals surface area contributed by atoms with Crippen LogP contribution >= 0.6 is 0 Å². The Hall–Kier alpha value is -2.94. The van der Waals surface area contributed by atoms with Crippen LogP contribution in [0.1, 0.15) is 12.0 Å². The average molecular weight is 319 g/mol. The second kappa shape index (κ2) is 8.06. The van der Waals surface area contributed by atoms with Crippen molar-refractivity contribution in [2.75, 3.05) is 0 Å². The Balaban J connectivity index is 1.62. The lowest BCUT2D eigenvalue weighted by Crippen LogP contribution is -1.90. The Morgan fingerprint density at radius 1 is 1.00 bits per heavy atom. The Kier molecular flexibility index (Phi) is 5.36. The summed E-state index contributed by atoms with van der Waals surface area (Å²) in [6.45, 7) is 0.545. The van der Waals surface area contributed by atoms with Gasteiger partial charge in [0.05, 0.1) is 5.69 Å². The molecule has 0 fully saturated rings. The van der Waals surface area contributed by atoms with E-state index < -0.39 is 0 Å². The third-order valence-electron chi connectivity index (χ3n) is 3.55. The van der Waals surface area contributed by atoms with Gasteiger partial charge in [-0.25, -0.2) is 4.39 Å². The Morgan fingerprint density at radius 2 is 1.79 bits per heavy atom. The minimum absolute atomic E-state index is 0.256. The van der Waals surface area contributed by atoms with Crippen molar-refractivity contribution in [2.45, 2.75) is 13.0 Å². The highest BCUT2D eigenvalue weighted by molar-refractivity contribution is 5.82. The fraction of sp³-hybridized carbons (Fsp3) is 0.0952. The zero-order chi connectivity index (χ0) is 16.6. The van der Waals surface area contributed by atoms with Gasteiger partial charge < -0.3 is 4.74 Å². The normalized spacial score (nSPS) is 14.2. The SMILES string of the molecule is Fc1ccc(N=CC2=CC=C(OCc3ccccc3)C=CC2)cc1. The molecule has 0 N–H and O–H groups in total. The molecule has 0 saturated carbocycles. The molecule has 2 aromatic rings. The number of aliphatic imine (C=N–C) groups is 1. The van der Waals surface area contributed by atoms with E-state index in [1.54, 1.807) is 18.3 Å². The van der Waals surface area contributed by atoms with Crippen molar-refractivity contribution in [1.82, 2.24) is 0 Å². The average Bonchev–Trinajstić information content (AvgIpc) is 2.86. The maximum absolute atomic E-state index is 12.9. The van der Waals surface area contributed by atoms with E-state index >= 15 is 0 Å². The minimum Gasteiger partial charge on any atom is -0.489 e. The molecule has 0 unspecified atom stereocenters. The van der Waals surface area contributed by atoms with E-state index in [0.717, 1.165) is 29.0 Å². The molecule has 24 heavy (non-hydrogen) atoms. The van der Waals surface area contributed by atoms with Gasteiger partial charge >= 0.3 is 0 Å². The molecule has 0 heterocycles. The van der Waals surface area contributed by atoms with E-state index in [1.165, 1.54) is 12.1 Å². The van der Waals surface area contributed by atoms with Crippen LogP contribution in [0.15, 0.2) is 95.2 Å². The molecule has 0 amide bonds. The van der Waals surface area contributed by atoms with E-state index in [9.17, 15) is 4.39 Å². The van der Waals surface area contributed by atoms with Crippen LogP contribution in [0.2, 0.25) is 0 Å². The zero-order valence-corrected chi connectivity index (χ0v) is 13.2. The van der Waals surface area contributed by atoms with Crippen LogP contribution in [0, 0.1) is 5.82 Å². The molecule has 0 aromatic heterocycles. The molecule has 0 radical (unpaired) electrons. The standard InChI is InChI=1S/C21H18FNO/c22-19-10-12-20(13-11-19)23-15-17-7-4-8-21(14-9-17)24-16-18-5-2-1-3-6-18/h1-6,8-15H,7,16H2. The molecule has 3 rings (SSSR count). The molecular weight excluding hydrogens is 301 g/mol. The maximum atomic E-state index is 12.9. The molecule has 120 valence electrons. The molecule has 0 aliphatic heterocycles. The predicted molar refractivity (Wildman–Crippen MR) is 95.7 cm³/mol. The Morgan fingerprint density at radius 3 is 2.58 bits per heavy atom. The number of nitrogens with zero attached hydrogens (tertiary/aromatic N) is 1. The van der Waals surface area contributed by atoms with Crippen molar-refractivity contribution in [1.29, 1.82) is 0 Å². The summed E-state index contributed by atoms with van der Waals surface area (Å²) in [5.74, 6) is 0.567. The molecule has 2 nitrogen and oxygen atoms in total. The van der Waals surface area contributed by atoms with Gasteiger partial charge in [-0.05, 0) is 54.0 Å². The summed E-state index contributed by atoms with van der Waals surface area (Å²) >= 11 is 0. The van der Waals surface area contributed by atoms with Crippen LogP contribution in [0.5, 0.6) is 0 Å².